The Morgan fingerprint density at radius 1 is 1.50 bits per heavy atom. The zero-order valence-corrected chi connectivity index (χ0v) is 10.6. The molecule has 18 heavy (non-hydrogen) atoms. The van der Waals surface area contributed by atoms with Crippen molar-refractivity contribution in [1.82, 2.24) is 10.3 Å². The van der Waals surface area contributed by atoms with Crippen molar-refractivity contribution < 1.29 is 4.74 Å². The summed E-state index contributed by atoms with van der Waals surface area (Å²) in [5.74, 6) is 1.92. The van der Waals surface area contributed by atoms with Crippen molar-refractivity contribution in [3.63, 3.8) is 0 Å². The molecule has 0 aliphatic carbocycles. The Labute approximate surface area is 108 Å². The molecule has 1 aliphatic rings. The molecule has 0 saturated carbocycles. The summed E-state index contributed by atoms with van der Waals surface area (Å²) in [5, 5.41) is 3.22. The van der Waals surface area contributed by atoms with Crippen molar-refractivity contribution in [3.8, 4) is 5.75 Å². The second kappa shape index (κ2) is 5.65. The standard InChI is InChI=1S/C15H18N2O/c1-4-13-12(9-16-3)8-11-6-7-17-10-15(11)18-14(13)5-2/h4-7,10,12,16H,1-2,8-9H2,3H3/t12-/m0/s1. The van der Waals surface area contributed by atoms with Crippen LogP contribution in [0.15, 0.2) is 55.1 Å². The molecule has 0 aromatic carbocycles. The molecule has 1 atom stereocenters. The van der Waals surface area contributed by atoms with E-state index in [9.17, 15) is 0 Å². The minimum absolute atomic E-state index is 0.337. The van der Waals surface area contributed by atoms with Gasteiger partial charge in [-0.1, -0.05) is 19.2 Å². The number of fused-ring (bicyclic) bond motifs is 1. The molecule has 0 unspecified atom stereocenters. The molecule has 0 bridgehead atoms. The van der Waals surface area contributed by atoms with Crippen LogP contribution in [-0.4, -0.2) is 18.6 Å². The molecule has 0 fully saturated rings. The van der Waals surface area contributed by atoms with Crippen LogP contribution in [0.2, 0.25) is 0 Å². The minimum Gasteiger partial charge on any atom is -0.455 e. The Hall–Kier alpha value is -1.87. The lowest BCUT2D eigenvalue weighted by molar-refractivity contribution is 0.436. The smallest absolute Gasteiger partial charge is 0.148 e. The van der Waals surface area contributed by atoms with Gasteiger partial charge in [-0.15, -0.1) is 0 Å². The second-order valence-electron chi connectivity index (χ2n) is 4.27. The van der Waals surface area contributed by atoms with Crippen LogP contribution in [0.4, 0.5) is 0 Å². The fourth-order valence-corrected chi connectivity index (χ4v) is 2.28. The average molecular weight is 242 g/mol. The van der Waals surface area contributed by atoms with Crippen LogP contribution in [0, 0.1) is 5.92 Å². The highest BCUT2D eigenvalue weighted by Gasteiger charge is 2.22. The predicted octanol–water partition coefficient (Wildman–Crippen LogP) is 2.48. The van der Waals surface area contributed by atoms with Crippen molar-refractivity contribution in [2.45, 2.75) is 6.42 Å². The van der Waals surface area contributed by atoms with Crippen molar-refractivity contribution in [2.75, 3.05) is 13.6 Å². The fourth-order valence-electron chi connectivity index (χ4n) is 2.28. The third kappa shape index (κ3) is 2.36. The van der Waals surface area contributed by atoms with Gasteiger partial charge in [0.15, 0.2) is 0 Å². The highest BCUT2D eigenvalue weighted by molar-refractivity contribution is 5.41. The molecule has 1 aromatic rings. The van der Waals surface area contributed by atoms with Crippen LogP contribution in [0.1, 0.15) is 5.56 Å². The number of aromatic nitrogens is 1. The van der Waals surface area contributed by atoms with E-state index in [0.717, 1.165) is 30.0 Å². The van der Waals surface area contributed by atoms with Gasteiger partial charge in [0.25, 0.3) is 0 Å². The van der Waals surface area contributed by atoms with E-state index in [4.69, 9.17) is 4.74 Å². The largest absolute Gasteiger partial charge is 0.455 e. The number of hydrogen-bond donors (Lipinski definition) is 1. The quantitative estimate of drug-likeness (QED) is 0.880. The Balaban J connectivity index is 2.47. The molecule has 1 aromatic heterocycles. The molecule has 0 saturated heterocycles. The van der Waals surface area contributed by atoms with E-state index in [1.54, 1.807) is 18.5 Å². The van der Waals surface area contributed by atoms with Gasteiger partial charge in [-0.05, 0) is 36.7 Å². The van der Waals surface area contributed by atoms with E-state index in [2.05, 4.69) is 23.5 Å². The van der Waals surface area contributed by atoms with Crippen LogP contribution in [0.25, 0.3) is 0 Å². The van der Waals surface area contributed by atoms with Gasteiger partial charge in [-0.3, -0.25) is 4.98 Å². The number of hydrogen-bond acceptors (Lipinski definition) is 3. The molecule has 0 spiro atoms. The Kier molecular flexibility index (Phi) is 3.95. The third-order valence-corrected chi connectivity index (χ3v) is 3.14. The van der Waals surface area contributed by atoms with Gasteiger partial charge in [-0.25, -0.2) is 0 Å². The lowest BCUT2D eigenvalue weighted by atomic mass is 9.91. The molecule has 1 aliphatic heterocycles. The molecule has 94 valence electrons. The van der Waals surface area contributed by atoms with Crippen LogP contribution in [0.5, 0.6) is 5.75 Å². The van der Waals surface area contributed by atoms with Crippen LogP contribution < -0.4 is 10.1 Å². The van der Waals surface area contributed by atoms with E-state index in [1.807, 2.05) is 19.2 Å². The van der Waals surface area contributed by atoms with E-state index in [0.29, 0.717) is 5.92 Å². The predicted molar refractivity (Wildman–Crippen MR) is 73.4 cm³/mol. The van der Waals surface area contributed by atoms with Gasteiger partial charge in [-0.2, -0.15) is 0 Å². The molecular weight excluding hydrogens is 224 g/mol. The van der Waals surface area contributed by atoms with Gasteiger partial charge in [0.2, 0.25) is 0 Å². The zero-order valence-electron chi connectivity index (χ0n) is 10.6. The Morgan fingerprint density at radius 2 is 2.33 bits per heavy atom. The second-order valence-corrected chi connectivity index (χ2v) is 4.27. The summed E-state index contributed by atoms with van der Waals surface area (Å²) in [7, 11) is 1.95. The van der Waals surface area contributed by atoms with E-state index < -0.39 is 0 Å². The molecule has 0 amide bonds. The van der Waals surface area contributed by atoms with Gasteiger partial charge in [0.05, 0.1) is 6.20 Å². The molecule has 3 heteroatoms. The molecule has 2 heterocycles. The highest BCUT2D eigenvalue weighted by atomic mass is 16.5. The van der Waals surface area contributed by atoms with Crippen molar-refractivity contribution >= 4 is 0 Å². The highest BCUT2D eigenvalue weighted by Crippen LogP contribution is 2.32. The number of nitrogens with zero attached hydrogens (tertiary/aromatic N) is 1. The zero-order chi connectivity index (χ0) is 13.0. The molecule has 0 radical (unpaired) electrons. The first kappa shape index (κ1) is 12.6. The van der Waals surface area contributed by atoms with E-state index >= 15 is 0 Å². The first-order valence-electron chi connectivity index (χ1n) is 6.04. The normalized spacial score (nSPS) is 18.6. The van der Waals surface area contributed by atoms with Crippen molar-refractivity contribution in [2.24, 2.45) is 5.92 Å². The average Bonchev–Trinajstić information content (AvgIpc) is 2.54. The SMILES string of the molecule is C=CC1=C(C=C)[C@H](CNC)Cc2ccncc2O1. The first-order valence-corrected chi connectivity index (χ1v) is 6.04. The van der Waals surface area contributed by atoms with Gasteiger partial charge < -0.3 is 10.1 Å². The fraction of sp³-hybridized carbons (Fsp3) is 0.267. The summed E-state index contributed by atoms with van der Waals surface area (Å²) < 4.78 is 5.89. The van der Waals surface area contributed by atoms with Gasteiger partial charge in [0.1, 0.15) is 11.5 Å². The van der Waals surface area contributed by atoms with Crippen LogP contribution in [-0.2, 0) is 6.42 Å². The topological polar surface area (TPSA) is 34.2 Å². The molecule has 1 N–H and O–H groups in total. The number of rotatable bonds is 4. The van der Waals surface area contributed by atoms with Gasteiger partial charge >= 0.3 is 0 Å². The number of nitrogens with one attached hydrogen (secondary N) is 1. The summed E-state index contributed by atoms with van der Waals surface area (Å²) in [5.41, 5.74) is 2.26. The summed E-state index contributed by atoms with van der Waals surface area (Å²) in [6.07, 6.45) is 8.06. The molecule has 3 nitrogen and oxygen atoms in total. The van der Waals surface area contributed by atoms with E-state index in [1.165, 1.54) is 5.56 Å². The third-order valence-electron chi connectivity index (χ3n) is 3.14. The Bertz CT molecular complexity index is 491. The summed E-state index contributed by atoms with van der Waals surface area (Å²) in [6.45, 7) is 8.59. The first-order chi connectivity index (χ1) is 8.80. The lowest BCUT2D eigenvalue weighted by Crippen LogP contribution is -2.22. The van der Waals surface area contributed by atoms with Crippen LogP contribution >= 0.6 is 0 Å². The lowest BCUT2D eigenvalue weighted by Gasteiger charge is -2.16. The van der Waals surface area contributed by atoms with Crippen LogP contribution in [0.3, 0.4) is 0 Å². The number of allylic oxidation sites excluding steroid dienone is 2. The summed E-state index contributed by atoms with van der Waals surface area (Å²) in [6, 6.07) is 2.00. The maximum atomic E-state index is 5.89. The van der Waals surface area contributed by atoms with E-state index in [-0.39, 0.29) is 0 Å². The number of ether oxygens (including phenoxy) is 1. The number of pyridine rings is 1. The minimum atomic E-state index is 0.337. The summed E-state index contributed by atoms with van der Waals surface area (Å²) in [4.78, 5) is 4.11. The molecular formula is C15H18N2O. The maximum Gasteiger partial charge on any atom is 0.148 e. The monoisotopic (exact) mass is 242 g/mol. The molecule has 2 rings (SSSR count). The van der Waals surface area contributed by atoms with Crippen molar-refractivity contribution in [3.05, 3.63) is 60.7 Å². The Morgan fingerprint density at radius 3 is 3.00 bits per heavy atom. The van der Waals surface area contributed by atoms with Gasteiger partial charge in [0, 0.05) is 18.7 Å². The maximum absolute atomic E-state index is 5.89. The van der Waals surface area contributed by atoms with Crippen molar-refractivity contribution in [1.29, 1.82) is 0 Å². The summed E-state index contributed by atoms with van der Waals surface area (Å²) >= 11 is 0.